The Morgan fingerprint density at radius 3 is 2.02 bits per heavy atom. The van der Waals surface area contributed by atoms with Crippen LogP contribution >= 0.6 is 11.3 Å². The quantitative estimate of drug-likeness (QED) is 0.0787. The number of fused-ring (bicyclic) bond motifs is 5. The molecule has 2 aliphatic heterocycles. The minimum absolute atomic E-state index is 0.129. The number of hydrogen-bond donors (Lipinski definition) is 5. The predicted molar refractivity (Wildman–Crippen MR) is 246 cm³/mol. The van der Waals surface area contributed by atoms with Crippen molar-refractivity contribution in [1.82, 2.24) is 45.4 Å². The van der Waals surface area contributed by atoms with Crippen molar-refractivity contribution in [3.05, 3.63) is 82.3 Å². The van der Waals surface area contributed by atoms with Gasteiger partial charge in [0.2, 0.25) is 11.8 Å². The molecule has 7 aromatic rings. The van der Waals surface area contributed by atoms with Crippen molar-refractivity contribution in [2.75, 3.05) is 27.3 Å². The number of nitrogens with one attached hydrogen (secondary N) is 5. The van der Waals surface area contributed by atoms with Crippen molar-refractivity contribution < 1.29 is 33.1 Å². The van der Waals surface area contributed by atoms with Gasteiger partial charge in [-0.25, -0.2) is 24.4 Å². The lowest BCUT2D eigenvalue weighted by Crippen LogP contribution is -2.51. The third-order valence-electron chi connectivity index (χ3n) is 12.7. The number of nitrogens with zero attached hydrogens (tertiary/aromatic N) is 4. The number of amides is 4. The van der Waals surface area contributed by atoms with Crippen molar-refractivity contribution in [1.29, 1.82) is 0 Å². The lowest BCUT2D eigenvalue weighted by Gasteiger charge is -2.30. The molecule has 0 bridgehead atoms. The van der Waals surface area contributed by atoms with Crippen LogP contribution in [0.3, 0.4) is 0 Å². The van der Waals surface area contributed by atoms with E-state index in [1.807, 2.05) is 76.4 Å². The monoisotopic (exact) mass is 901 g/mol. The van der Waals surface area contributed by atoms with Gasteiger partial charge in [0.05, 0.1) is 54.1 Å². The Hall–Kier alpha value is -6.95. The van der Waals surface area contributed by atoms with Crippen LogP contribution in [-0.4, -0.2) is 98.1 Å². The Bertz CT molecular complexity index is 3000. The average Bonchev–Trinajstić information content (AvgIpc) is 4.16. The summed E-state index contributed by atoms with van der Waals surface area (Å²) in [6, 6.07) is 11.8. The lowest BCUT2D eigenvalue weighted by atomic mass is 10.0. The molecule has 18 heteroatoms. The molecule has 4 amide bonds. The average molecular weight is 902 g/mol. The van der Waals surface area contributed by atoms with Gasteiger partial charge in [0, 0.05) is 52.1 Å². The highest BCUT2D eigenvalue weighted by atomic mass is 32.1. The van der Waals surface area contributed by atoms with E-state index < -0.39 is 29.9 Å². The molecule has 7 heterocycles. The van der Waals surface area contributed by atoms with Gasteiger partial charge >= 0.3 is 17.8 Å². The maximum Gasteiger partial charge on any atom is 0.407 e. The maximum atomic E-state index is 13.7. The second kappa shape index (κ2) is 17.6. The molecule has 338 valence electrons. The summed E-state index contributed by atoms with van der Waals surface area (Å²) < 4.78 is 16.4. The number of benzene rings is 2. The number of hydrogen-bond acceptors (Lipinski definition) is 11. The number of carbonyl (C=O) groups excluding carboxylic acids is 4. The number of aromatic nitrogens is 5. The van der Waals surface area contributed by atoms with E-state index in [1.54, 1.807) is 27.3 Å². The lowest BCUT2D eigenvalue weighted by molar-refractivity contribution is -0.136. The van der Waals surface area contributed by atoms with Crippen LogP contribution in [0.4, 0.5) is 9.59 Å². The molecule has 2 aliphatic rings. The molecule has 0 saturated carbocycles. The summed E-state index contributed by atoms with van der Waals surface area (Å²) in [5.41, 5.74) is 6.23. The van der Waals surface area contributed by atoms with E-state index in [1.165, 1.54) is 14.2 Å². The van der Waals surface area contributed by atoms with Gasteiger partial charge in [0.25, 0.3) is 0 Å². The second-order valence-electron chi connectivity index (χ2n) is 17.4. The zero-order valence-corrected chi connectivity index (χ0v) is 37.8. The van der Waals surface area contributed by atoms with Gasteiger partial charge in [-0.05, 0) is 55.2 Å². The third-order valence-corrected chi connectivity index (χ3v) is 13.7. The standard InChI is InChI=1S/C47H51N9O8S/c1-23(2)36(53-46(60)62-5)43(57)55-17-7-9-32(55)41-48-20-30(50-41)26-13-11-25(12-14-26)29-22-65-40-35-28-16-15-27(19-34(28)64-45(59)39(35)52-38(29)40)31-21-49-42(51-31)33-10-8-18-56(33)44(58)37(24(3)4)54-47(61)63-6/h11-16,19-24,32-33,36-37,52H,7-10,17-18H2,1-6H3,(H,48,50)(H,49,51)(H,53,60)(H,54,61)/t32-,33-,36-,37-/m0/s1. The first kappa shape index (κ1) is 43.3. The fourth-order valence-electron chi connectivity index (χ4n) is 9.24. The molecule has 0 aliphatic carbocycles. The van der Waals surface area contributed by atoms with E-state index in [0.29, 0.717) is 41.5 Å². The van der Waals surface area contributed by atoms with Gasteiger partial charge in [0.15, 0.2) is 0 Å². The van der Waals surface area contributed by atoms with Crippen molar-refractivity contribution in [2.45, 2.75) is 77.5 Å². The number of H-pyrrole nitrogens is 3. The molecule has 5 N–H and O–H groups in total. The van der Waals surface area contributed by atoms with Crippen LogP contribution in [0.1, 0.15) is 77.1 Å². The van der Waals surface area contributed by atoms with Gasteiger partial charge in [-0.2, -0.15) is 0 Å². The first-order valence-electron chi connectivity index (χ1n) is 21.9. The number of aromatic amines is 3. The van der Waals surface area contributed by atoms with Crippen LogP contribution in [0.15, 0.2) is 69.5 Å². The van der Waals surface area contributed by atoms with Crippen LogP contribution in [-0.2, 0) is 19.1 Å². The largest absolute Gasteiger partial charge is 0.453 e. The number of alkyl carbamates (subject to hydrolysis) is 2. The van der Waals surface area contributed by atoms with E-state index in [2.05, 4.69) is 35.9 Å². The smallest absolute Gasteiger partial charge is 0.407 e. The molecule has 17 nitrogen and oxygen atoms in total. The summed E-state index contributed by atoms with van der Waals surface area (Å²) in [6.07, 6.45) is 5.37. The molecule has 0 spiro atoms. The summed E-state index contributed by atoms with van der Waals surface area (Å²) >= 11 is 1.56. The first-order valence-corrected chi connectivity index (χ1v) is 22.7. The zero-order valence-electron chi connectivity index (χ0n) is 36.9. The van der Waals surface area contributed by atoms with Crippen molar-refractivity contribution in [2.24, 2.45) is 11.8 Å². The maximum absolute atomic E-state index is 13.7. The summed E-state index contributed by atoms with van der Waals surface area (Å²) in [5.74, 6) is 0.707. The van der Waals surface area contributed by atoms with Gasteiger partial charge in [-0.15, -0.1) is 11.3 Å². The summed E-state index contributed by atoms with van der Waals surface area (Å²) in [7, 11) is 2.55. The molecule has 0 unspecified atom stereocenters. The highest BCUT2D eigenvalue weighted by Gasteiger charge is 2.39. The second-order valence-corrected chi connectivity index (χ2v) is 18.2. The van der Waals surface area contributed by atoms with Crippen molar-refractivity contribution >= 4 is 67.4 Å². The minimum Gasteiger partial charge on any atom is -0.453 e. The SMILES string of the molecule is COC(=O)N[C@H](C(=O)N1CCC[C@H]1c1nc(-c2ccc(-c3csc4c3[nH]c3c(=O)oc5cc(-c6cnc([C@@H]7CCCN7C(=O)[C@@H](NC(=O)OC)C(C)C)[nH]6)ccc5c34)cc2)c[nH]1)C(C)C. The number of rotatable bonds is 11. The van der Waals surface area contributed by atoms with E-state index in [0.717, 1.165) is 74.6 Å². The molecule has 2 saturated heterocycles. The van der Waals surface area contributed by atoms with E-state index in [9.17, 15) is 24.0 Å². The fourth-order valence-corrected chi connectivity index (χ4v) is 10.3. The van der Waals surface area contributed by atoms with Crippen LogP contribution in [0, 0.1) is 11.8 Å². The van der Waals surface area contributed by atoms with Crippen LogP contribution in [0.2, 0.25) is 0 Å². The van der Waals surface area contributed by atoms with Gasteiger partial charge in [-0.3, -0.25) is 9.59 Å². The fraction of sp³-hybridized carbons (Fsp3) is 0.383. The molecule has 0 radical (unpaired) electrons. The molecule has 9 rings (SSSR count). The number of carbonyl (C=O) groups is 4. The van der Waals surface area contributed by atoms with E-state index in [-0.39, 0.29) is 35.7 Å². The molecule has 4 atom stereocenters. The summed E-state index contributed by atoms with van der Waals surface area (Å²) in [5, 5.41) is 9.05. The summed E-state index contributed by atoms with van der Waals surface area (Å²) in [4.78, 5) is 88.1. The van der Waals surface area contributed by atoms with Gasteiger partial charge in [0.1, 0.15) is 34.8 Å². The number of likely N-dealkylation sites (tertiary alicyclic amines) is 2. The first-order chi connectivity index (χ1) is 31.3. The highest BCUT2D eigenvalue weighted by Crippen LogP contribution is 2.42. The van der Waals surface area contributed by atoms with Gasteiger partial charge in [-0.1, -0.05) is 58.0 Å². The minimum atomic E-state index is -0.737. The van der Waals surface area contributed by atoms with Crippen molar-refractivity contribution in [3.63, 3.8) is 0 Å². The van der Waals surface area contributed by atoms with Crippen molar-refractivity contribution in [3.8, 4) is 33.6 Å². The predicted octanol–water partition coefficient (Wildman–Crippen LogP) is 8.02. The highest BCUT2D eigenvalue weighted by molar-refractivity contribution is 7.19. The van der Waals surface area contributed by atoms with E-state index >= 15 is 0 Å². The molecular weight excluding hydrogens is 851 g/mol. The van der Waals surface area contributed by atoms with E-state index in [4.69, 9.17) is 18.9 Å². The molecular formula is C47H51N9O8S. The van der Waals surface area contributed by atoms with Crippen LogP contribution in [0.25, 0.3) is 65.7 Å². The van der Waals surface area contributed by atoms with Gasteiger partial charge < -0.3 is 49.3 Å². The molecule has 5 aromatic heterocycles. The summed E-state index contributed by atoms with van der Waals surface area (Å²) in [6.45, 7) is 8.65. The Morgan fingerprint density at radius 2 is 1.40 bits per heavy atom. The molecule has 2 fully saturated rings. The normalized spacial score (nSPS) is 17.4. The molecule has 65 heavy (non-hydrogen) atoms. The third kappa shape index (κ3) is 8.00. The Balaban J connectivity index is 0.942. The molecule has 2 aromatic carbocycles. The number of imidazole rings is 2. The Labute approximate surface area is 377 Å². The topological polar surface area (TPSA) is 221 Å². The number of methoxy groups -OCH3 is 2. The van der Waals surface area contributed by atoms with Crippen LogP contribution in [0.5, 0.6) is 0 Å². The number of thiophene rings is 1. The number of ether oxygens (including phenoxy) is 2. The Morgan fingerprint density at radius 1 is 0.800 bits per heavy atom. The van der Waals surface area contributed by atoms with Crippen LogP contribution < -0.4 is 16.3 Å². The zero-order chi connectivity index (χ0) is 45.7. The Kier molecular flexibility index (Phi) is 11.7.